The van der Waals surface area contributed by atoms with Crippen molar-refractivity contribution in [1.82, 2.24) is 9.47 Å². The Balaban J connectivity index is 1.60. The van der Waals surface area contributed by atoms with Gasteiger partial charge in [-0.1, -0.05) is 17.7 Å². The van der Waals surface area contributed by atoms with Crippen molar-refractivity contribution in [2.75, 3.05) is 18.4 Å². The summed E-state index contributed by atoms with van der Waals surface area (Å²) in [6.45, 7) is 7.38. The van der Waals surface area contributed by atoms with Crippen LogP contribution < -0.4 is 5.32 Å². The molecule has 1 fully saturated rings. The number of rotatable bonds is 4. The van der Waals surface area contributed by atoms with E-state index in [9.17, 15) is 9.59 Å². The Hall–Kier alpha value is -3.05. The third-order valence-electron chi connectivity index (χ3n) is 5.97. The second kappa shape index (κ2) is 8.60. The number of aryl methyl sites for hydroxylation is 1. The second-order valence-electron chi connectivity index (χ2n) is 8.03. The van der Waals surface area contributed by atoms with Crippen molar-refractivity contribution < 1.29 is 9.59 Å². The first-order chi connectivity index (χ1) is 14.9. The van der Waals surface area contributed by atoms with E-state index >= 15 is 0 Å². The van der Waals surface area contributed by atoms with Gasteiger partial charge in [0.1, 0.15) is 0 Å². The van der Waals surface area contributed by atoms with Crippen molar-refractivity contribution in [3.05, 3.63) is 81.6 Å². The fourth-order valence-electron chi connectivity index (χ4n) is 4.26. The number of carbonyl (C=O) groups is 2. The topological polar surface area (TPSA) is 54.3 Å². The molecular formula is C25H26ClN3O2. The quantitative estimate of drug-likeness (QED) is 0.584. The van der Waals surface area contributed by atoms with Crippen LogP contribution >= 0.6 is 11.6 Å². The summed E-state index contributed by atoms with van der Waals surface area (Å²) in [4.78, 5) is 27.9. The van der Waals surface area contributed by atoms with Crippen LogP contribution in [0.4, 0.5) is 5.69 Å². The molecule has 2 amide bonds. The van der Waals surface area contributed by atoms with Crippen LogP contribution in [0.1, 0.15) is 50.5 Å². The highest BCUT2D eigenvalue weighted by atomic mass is 35.5. The number of hydrogen-bond acceptors (Lipinski definition) is 2. The van der Waals surface area contributed by atoms with Crippen LogP contribution in [0.3, 0.4) is 0 Å². The van der Waals surface area contributed by atoms with Crippen LogP contribution in [0.25, 0.3) is 5.69 Å². The monoisotopic (exact) mass is 435 g/mol. The van der Waals surface area contributed by atoms with Gasteiger partial charge in [-0.3, -0.25) is 9.59 Å². The maximum absolute atomic E-state index is 13.1. The Bertz CT molecular complexity index is 1140. The summed E-state index contributed by atoms with van der Waals surface area (Å²) in [5, 5.41) is 3.68. The molecule has 0 radical (unpaired) electrons. The second-order valence-corrected chi connectivity index (χ2v) is 8.46. The van der Waals surface area contributed by atoms with Gasteiger partial charge in [-0.2, -0.15) is 0 Å². The van der Waals surface area contributed by atoms with Crippen LogP contribution in [-0.2, 0) is 0 Å². The summed E-state index contributed by atoms with van der Waals surface area (Å²) >= 11 is 6.02. The molecule has 1 aliphatic heterocycles. The van der Waals surface area contributed by atoms with Crippen molar-refractivity contribution in [3.8, 4) is 5.69 Å². The Morgan fingerprint density at radius 1 is 0.935 bits per heavy atom. The normalized spacial score (nSPS) is 13.5. The standard InChI is InChI=1S/C25H26ClN3O2/c1-16-15-22(18(3)29(16)20-11-9-19(26)10-12-20)24(30)27-23-8-6-7-21(17(23)2)25(31)28-13-4-5-14-28/h6-12,15H,4-5,13-14H2,1-3H3,(H,27,30). The lowest BCUT2D eigenvalue weighted by Crippen LogP contribution is -2.28. The summed E-state index contributed by atoms with van der Waals surface area (Å²) in [5.74, 6) is -0.158. The molecule has 2 heterocycles. The summed E-state index contributed by atoms with van der Waals surface area (Å²) < 4.78 is 2.03. The number of likely N-dealkylation sites (tertiary alicyclic amines) is 1. The third kappa shape index (κ3) is 4.10. The number of anilines is 1. The van der Waals surface area contributed by atoms with Crippen LogP contribution in [0.2, 0.25) is 5.02 Å². The summed E-state index contributed by atoms with van der Waals surface area (Å²) in [7, 11) is 0. The van der Waals surface area contributed by atoms with Gasteiger partial charge >= 0.3 is 0 Å². The van der Waals surface area contributed by atoms with Crippen molar-refractivity contribution in [3.63, 3.8) is 0 Å². The lowest BCUT2D eigenvalue weighted by atomic mass is 10.0. The van der Waals surface area contributed by atoms with Gasteiger partial charge < -0.3 is 14.8 Å². The molecule has 4 rings (SSSR count). The minimum Gasteiger partial charge on any atom is -0.339 e. The molecular weight excluding hydrogens is 410 g/mol. The van der Waals surface area contributed by atoms with Gasteiger partial charge in [0.15, 0.2) is 0 Å². The number of benzene rings is 2. The maximum Gasteiger partial charge on any atom is 0.257 e. The lowest BCUT2D eigenvalue weighted by molar-refractivity contribution is 0.0791. The molecule has 1 N–H and O–H groups in total. The zero-order valence-corrected chi connectivity index (χ0v) is 18.8. The average Bonchev–Trinajstić information content (AvgIpc) is 3.38. The van der Waals surface area contributed by atoms with Gasteiger partial charge in [0, 0.05) is 46.4 Å². The van der Waals surface area contributed by atoms with Crippen molar-refractivity contribution >= 4 is 29.1 Å². The number of halogens is 1. The number of amides is 2. The smallest absolute Gasteiger partial charge is 0.257 e. The number of nitrogens with zero attached hydrogens (tertiary/aromatic N) is 2. The highest BCUT2D eigenvalue weighted by Crippen LogP contribution is 2.26. The van der Waals surface area contributed by atoms with Crippen LogP contribution in [0, 0.1) is 20.8 Å². The van der Waals surface area contributed by atoms with E-state index in [4.69, 9.17) is 11.6 Å². The summed E-state index contributed by atoms with van der Waals surface area (Å²) in [5.41, 5.74) is 5.45. The third-order valence-corrected chi connectivity index (χ3v) is 6.22. The van der Waals surface area contributed by atoms with E-state index in [2.05, 4.69) is 5.32 Å². The van der Waals surface area contributed by atoms with Crippen molar-refractivity contribution in [2.24, 2.45) is 0 Å². The molecule has 0 unspecified atom stereocenters. The van der Waals surface area contributed by atoms with E-state index in [1.54, 1.807) is 0 Å². The van der Waals surface area contributed by atoms with Crippen molar-refractivity contribution in [2.45, 2.75) is 33.6 Å². The Morgan fingerprint density at radius 3 is 2.29 bits per heavy atom. The first-order valence-corrected chi connectivity index (χ1v) is 10.9. The van der Waals surface area contributed by atoms with E-state index in [0.717, 1.165) is 48.6 Å². The van der Waals surface area contributed by atoms with Crippen LogP contribution in [-0.4, -0.2) is 34.4 Å². The molecule has 160 valence electrons. The number of hydrogen-bond donors (Lipinski definition) is 1. The van der Waals surface area contributed by atoms with E-state index in [0.29, 0.717) is 21.8 Å². The van der Waals surface area contributed by atoms with Gasteiger partial charge in [-0.15, -0.1) is 0 Å². The van der Waals surface area contributed by atoms with E-state index in [1.807, 2.05) is 78.8 Å². The molecule has 0 saturated carbocycles. The molecule has 1 aromatic heterocycles. The van der Waals surface area contributed by atoms with Crippen LogP contribution in [0.15, 0.2) is 48.5 Å². The molecule has 0 spiro atoms. The summed E-state index contributed by atoms with van der Waals surface area (Å²) in [6, 6.07) is 14.9. The zero-order chi connectivity index (χ0) is 22.1. The molecule has 3 aromatic rings. The highest BCUT2D eigenvalue weighted by Gasteiger charge is 2.23. The number of aromatic nitrogens is 1. The Labute approximate surface area is 187 Å². The SMILES string of the molecule is Cc1c(NC(=O)c2cc(C)n(-c3ccc(Cl)cc3)c2C)cccc1C(=O)N1CCCC1. The minimum atomic E-state index is -0.192. The average molecular weight is 436 g/mol. The highest BCUT2D eigenvalue weighted by molar-refractivity contribution is 6.30. The van der Waals surface area contributed by atoms with Gasteiger partial charge in [0.05, 0.1) is 5.56 Å². The molecule has 5 nitrogen and oxygen atoms in total. The lowest BCUT2D eigenvalue weighted by Gasteiger charge is -2.18. The summed E-state index contributed by atoms with van der Waals surface area (Å²) in [6.07, 6.45) is 2.09. The Kier molecular flexibility index (Phi) is 5.88. The number of carbonyl (C=O) groups excluding carboxylic acids is 2. The van der Waals surface area contributed by atoms with Gasteiger partial charge in [0.2, 0.25) is 0 Å². The van der Waals surface area contributed by atoms with Crippen LogP contribution in [0.5, 0.6) is 0 Å². The predicted octanol–water partition coefficient (Wildman–Crippen LogP) is 5.54. The van der Waals surface area contributed by atoms with E-state index < -0.39 is 0 Å². The van der Waals surface area contributed by atoms with Gasteiger partial charge in [0.25, 0.3) is 11.8 Å². The van der Waals surface area contributed by atoms with Gasteiger partial charge in [-0.25, -0.2) is 0 Å². The largest absolute Gasteiger partial charge is 0.339 e. The maximum atomic E-state index is 13.1. The fourth-order valence-corrected chi connectivity index (χ4v) is 4.39. The zero-order valence-electron chi connectivity index (χ0n) is 18.0. The predicted molar refractivity (Wildman–Crippen MR) is 125 cm³/mol. The molecule has 2 aromatic carbocycles. The van der Waals surface area contributed by atoms with E-state index in [1.165, 1.54) is 0 Å². The molecule has 0 atom stereocenters. The minimum absolute atomic E-state index is 0.0343. The van der Waals surface area contributed by atoms with Crippen molar-refractivity contribution in [1.29, 1.82) is 0 Å². The Morgan fingerprint density at radius 2 is 1.61 bits per heavy atom. The molecule has 0 bridgehead atoms. The molecule has 1 saturated heterocycles. The first kappa shape index (κ1) is 21.2. The number of nitrogens with one attached hydrogen (secondary N) is 1. The molecule has 1 aliphatic rings. The molecule has 6 heteroatoms. The van der Waals surface area contributed by atoms with E-state index in [-0.39, 0.29) is 11.8 Å². The first-order valence-electron chi connectivity index (χ1n) is 10.5. The van der Waals surface area contributed by atoms with Gasteiger partial charge in [-0.05, 0) is 81.6 Å². The molecule has 0 aliphatic carbocycles. The fraction of sp³-hybridized carbons (Fsp3) is 0.280. The molecule has 31 heavy (non-hydrogen) atoms.